The van der Waals surface area contributed by atoms with Crippen molar-refractivity contribution >= 4 is 114 Å². The van der Waals surface area contributed by atoms with Crippen molar-refractivity contribution in [1.29, 1.82) is 0 Å². The van der Waals surface area contributed by atoms with Crippen LogP contribution in [0.1, 0.15) is 0 Å². The summed E-state index contributed by atoms with van der Waals surface area (Å²) in [5.74, 6) is 0. The van der Waals surface area contributed by atoms with E-state index in [4.69, 9.17) is 0 Å². The Bertz CT molecular complexity index is 2050. The first-order valence-corrected chi connectivity index (χ1v) is 14.6. The molecule has 0 N–H and O–H groups in total. The van der Waals surface area contributed by atoms with E-state index in [2.05, 4.69) is 103 Å². The van der Waals surface area contributed by atoms with Crippen LogP contribution in [0, 0.1) is 0 Å². The van der Waals surface area contributed by atoms with Gasteiger partial charge in [-0.15, -0.1) is 34.0 Å². The molecule has 0 unspecified atom stereocenters. The molecule has 6 heteroatoms. The first-order valence-electron chi connectivity index (χ1n) is 11.9. The SMILES string of the molecule is c1cc2c3sccc3c3c(c4c5ccsc5c5cccn5c4c4c5ccsc5c5cccn5c34)n2c1. The second-order valence-electron chi connectivity index (χ2n) is 9.45. The Hall–Kier alpha value is -3.84. The molecule has 168 valence electrons. The molecule has 0 bridgehead atoms. The average molecular weight is 514 g/mol. The molecular weight excluding hydrogens is 499 g/mol. The molecule has 0 aliphatic carbocycles. The Balaban J connectivity index is 1.78. The monoisotopic (exact) mass is 513 g/mol. The lowest BCUT2D eigenvalue weighted by Gasteiger charge is -2.19. The van der Waals surface area contributed by atoms with Gasteiger partial charge in [0.2, 0.25) is 0 Å². The Morgan fingerprint density at radius 3 is 1.08 bits per heavy atom. The molecule has 9 aromatic heterocycles. The summed E-state index contributed by atoms with van der Waals surface area (Å²) in [5.41, 5.74) is 7.74. The molecule has 10 rings (SSSR count). The molecule has 9 heterocycles. The predicted molar refractivity (Wildman–Crippen MR) is 158 cm³/mol. The van der Waals surface area contributed by atoms with Crippen LogP contribution in [0.25, 0.3) is 79.5 Å². The highest BCUT2D eigenvalue weighted by Crippen LogP contribution is 2.48. The lowest BCUT2D eigenvalue weighted by molar-refractivity contribution is 1.26. The topological polar surface area (TPSA) is 13.2 Å². The number of hydrogen-bond donors (Lipinski definition) is 0. The van der Waals surface area contributed by atoms with Crippen molar-refractivity contribution in [1.82, 2.24) is 13.2 Å². The van der Waals surface area contributed by atoms with Crippen LogP contribution in [0.3, 0.4) is 0 Å². The number of pyridine rings is 3. The summed E-state index contributed by atoms with van der Waals surface area (Å²) in [6, 6.07) is 20.3. The minimum absolute atomic E-state index is 1.28. The second kappa shape index (κ2) is 6.10. The molecule has 0 amide bonds. The van der Waals surface area contributed by atoms with Crippen molar-refractivity contribution in [2.45, 2.75) is 0 Å². The normalized spacial score (nSPS) is 13.0. The van der Waals surface area contributed by atoms with Crippen molar-refractivity contribution < 1.29 is 0 Å². The minimum Gasteiger partial charge on any atom is -0.314 e. The van der Waals surface area contributed by atoms with Crippen LogP contribution in [-0.2, 0) is 0 Å². The summed E-state index contributed by atoms with van der Waals surface area (Å²) in [7, 11) is 0. The summed E-state index contributed by atoms with van der Waals surface area (Å²) < 4.78 is 11.4. The van der Waals surface area contributed by atoms with Gasteiger partial charge in [-0.05, 0) is 70.7 Å². The van der Waals surface area contributed by atoms with E-state index in [0.717, 1.165) is 0 Å². The van der Waals surface area contributed by atoms with Crippen molar-refractivity contribution in [3.05, 3.63) is 89.3 Å². The molecule has 0 aliphatic rings. The van der Waals surface area contributed by atoms with Gasteiger partial charge in [0, 0.05) is 50.9 Å². The molecule has 3 nitrogen and oxygen atoms in total. The molecule has 0 aliphatic heterocycles. The van der Waals surface area contributed by atoms with Gasteiger partial charge in [-0.2, -0.15) is 0 Å². The number of thiophene rings is 3. The summed E-state index contributed by atoms with van der Waals surface area (Å²) in [6.45, 7) is 0. The minimum atomic E-state index is 1.28. The third kappa shape index (κ3) is 1.90. The first-order chi connectivity index (χ1) is 17.9. The van der Waals surface area contributed by atoms with Crippen molar-refractivity contribution in [2.24, 2.45) is 0 Å². The highest BCUT2D eigenvalue weighted by molar-refractivity contribution is 7.19. The highest BCUT2D eigenvalue weighted by atomic mass is 32.1. The lowest BCUT2D eigenvalue weighted by atomic mass is 9.97. The molecule has 0 atom stereocenters. The molecule has 0 saturated carbocycles. The third-order valence-corrected chi connectivity index (χ3v) is 10.7. The first kappa shape index (κ1) is 18.4. The fourth-order valence-corrected chi connectivity index (χ4v) is 9.37. The van der Waals surface area contributed by atoms with Crippen LogP contribution in [0.2, 0.25) is 0 Å². The second-order valence-corrected chi connectivity index (χ2v) is 12.2. The van der Waals surface area contributed by atoms with E-state index in [-0.39, 0.29) is 0 Å². The quantitative estimate of drug-likeness (QED) is 0.179. The van der Waals surface area contributed by atoms with Gasteiger partial charge in [0.1, 0.15) is 0 Å². The largest absolute Gasteiger partial charge is 0.314 e. The maximum Gasteiger partial charge on any atom is 0.0656 e. The van der Waals surface area contributed by atoms with Gasteiger partial charge in [0.15, 0.2) is 0 Å². The van der Waals surface area contributed by atoms with Gasteiger partial charge >= 0.3 is 0 Å². The van der Waals surface area contributed by atoms with E-state index >= 15 is 0 Å². The van der Waals surface area contributed by atoms with Crippen molar-refractivity contribution in [3.8, 4) is 0 Å². The van der Waals surface area contributed by atoms with E-state index in [1.807, 2.05) is 34.0 Å². The summed E-state index contributed by atoms with van der Waals surface area (Å²) >= 11 is 5.52. The number of aromatic nitrogens is 3. The van der Waals surface area contributed by atoms with E-state index in [1.165, 1.54) is 79.5 Å². The molecule has 0 fully saturated rings. The Labute approximate surface area is 215 Å². The summed E-state index contributed by atoms with van der Waals surface area (Å²) in [4.78, 5) is 0. The zero-order valence-corrected chi connectivity index (χ0v) is 21.2. The van der Waals surface area contributed by atoms with Crippen molar-refractivity contribution in [3.63, 3.8) is 0 Å². The van der Waals surface area contributed by atoms with E-state index < -0.39 is 0 Å². The van der Waals surface area contributed by atoms with Gasteiger partial charge in [0.05, 0.1) is 47.2 Å². The third-order valence-electron chi connectivity index (χ3n) is 7.89. The van der Waals surface area contributed by atoms with Crippen molar-refractivity contribution in [2.75, 3.05) is 0 Å². The number of fused-ring (bicyclic) bond motifs is 21. The summed E-state index contributed by atoms with van der Waals surface area (Å²) in [5, 5.41) is 14.8. The highest BCUT2D eigenvalue weighted by Gasteiger charge is 2.24. The summed E-state index contributed by atoms with van der Waals surface area (Å²) in [6.07, 6.45) is 6.74. The molecule has 10 aromatic rings. The fraction of sp³-hybridized carbons (Fsp3) is 0. The van der Waals surface area contributed by atoms with E-state index in [0.29, 0.717) is 0 Å². The number of benzene rings is 1. The fourth-order valence-electron chi connectivity index (χ4n) is 6.60. The van der Waals surface area contributed by atoms with Crippen LogP contribution in [-0.4, -0.2) is 13.2 Å². The molecule has 0 saturated heterocycles. The molecule has 36 heavy (non-hydrogen) atoms. The van der Waals surface area contributed by atoms with Gasteiger partial charge in [0.25, 0.3) is 0 Å². The number of rotatable bonds is 0. The molecule has 0 spiro atoms. The zero-order valence-electron chi connectivity index (χ0n) is 18.7. The van der Waals surface area contributed by atoms with Gasteiger partial charge < -0.3 is 13.2 Å². The Morgan fingerprint density at radius 1 is 0.417 bits per heavy atom. The van der Waals surface area contributed by atoms with Gasteiger partial charge in [-0.3, -0.25) is 0 Å². The van der Waals surface area contributed by atoms with Crippen LogP contribution >= 0.6 is 34.0 Å². The van der Waals surface area contributed by atoms with Crippen LogP contribution < -0.4 is 0 Å². The predicted octanol–water partition coefficient (Wildman–Crippen LogP) is 9.55. The van der Waals surface area contributed by atoms with Crippen LogP contribution in [0.5, 0.6) is 0 Å². The molecular formula is C30H15N3S3. The van der Waals surface area contributed by atoms with E-state index in [1.54, 1.807) is 0 Å². The maximum atomic E-state index is 2.44. The molecule has 0 radical (unpaired) electrons. The Morgan fingerprint density at radius 2 is 0.750 bits per heavy atom. The van der Waals surface area contributed by atoms with Crippen LogP contribution in [0.4, 0.5) is 0 Å². The number of hydrogen-bond acceptors (Lipinski definition) is 3. The Kier molecular flexibility index (Phi) is 3.12. The van der Waals surface area contributed by atoms with Gasteiger partial charge in [-0.1, -0.05) is 0 Å². The van der Waals surface area contributed by atoms with Crippen LogP contribution in [0.15, 0.2) is 89.3 Å². The maximum absolute atomic E-state index is 2.44. The van der Waals surface area contributed by atoms with E-state index in [9.17, 15) is 0 Å². The average Bonchev–Trinajstić information content (AvgIpc) is 3.73. The standard InChI is InChI=1S/C30H15N3S3/c1-4-19-28-16(7-13-34-28)22-25(31(19)10-1)23-17-8-14-35-29(17)20-5-2-12-33(20)27(23)24-18-9-15-36-30(18)21-6-3-11-32(21)26(22)24/h1-15H. The smallest absolute Gasteiger partial charge is 0.0656 e. The molecule has 1 aromatic carbocycles. The van der Waals surface area contributed by atoms with Gasteiger partial charge in [-0.25, -0.2) is 0 Å². The lowest BCUT2D eigenvalue weighted by Crippen LogP contribution is -1.99. The number of nitrogens with zero attached hydrogens (tertiary/aromatic N) is 3. The zero-order chi connectivity index (χ0) is 23.1.